The van der Waals surface area contributed by atoms with Crippen molar-refractivity contribution in [3.05, 3.63) is 88.9 Å². The third-order valence-corrected chi connectivity index (χ3v) is 4.06. The van der Waals surface area contributed by atoms with E-state index in [9.17, 15) is 9.59 Å². The molecule has 0 saturated heterocycles. The number of hydrogen-bond acceptors (Lipinski definition) is 3. The molecule has 0 aliphatic carbocycles. The van der Waals surface area contributed by atoms with E-state index < -0.39 is 0 Å². The van der Waals surface area contributed by atoms with Gasteiger partial charge in [-0.05, 0) is 49.7 Å². The third-order valence-electron chi connectivity index (χ3n) is 4.06. The molecule has 0 aliphatic heterocycles. The van der Waals surface area contributed by atoms with Crippen LogP contribution in [0.2, 0.25) is 0 Å². The smallest absolute Gasteiger partial charge is 0.255 e. The maximum absolute atomic E-state index is 12.6. The molecular weight excluding hydrogens is 328 g/mol. The van der Waals surface area contributed by atoms with Crippen molar-refractivity contribution in [1.82, 2.24) is 5.32 Å². The fourth-order valence-corrected chi connectivity index (χ4v) is 2.64. The molecular formula is C21H20N2O3. The van der Waals surface area contributed by atoms with Crippen LogP contribution in [-0.4, -0.2) is 11.8 Å². The predicted octanol–water partition coefficient (Wildman–Crippen LogP) is 4.08. The summed E-state index contributed by atoms with van der Waals surface area (Å²) in [6.07, 6.45) is 1.56. The van der Waals surface area contributed by atoms with E-state index in [1.165, 1.54) is 0 Å². The van der Waals surface area contributed by atoms with Crippen LogP contribution in [0.3, 0.4) is 0 Å². The Hall–Kier alpha value is -3.34. The van der Waals surface area contributed by atoms with Gasteiger partial charge in [-0.3, -0.25) is 9.59 Å². The molecule has 0 fully saturated rings. The summed E-state index contributed by atoms with van der Waals surface area (Å²) in [5.74, 6) is 0.144. The molecule has 2 aromatic carbocycles. The summed E-state index contributed by atoms with van der Waals surface area (Å²) in [5.41, 5.74) is 3.35. The molecule has 3 rings (SSSR count). The molecule has 1 aromatic heterocycles. The fourth-order valence-electron chi connectivity index (χ4n) is 2.64. The average molecular weight is 348 g/mol. The van der Waals surface area contributed by atoms with E-state index >= 15 is 0 Å². The fraction of sp³-hybridized carbons (Fsp3) is 0.143. The average Bonchev–Trinajstić information content (AvgIpc) is 3.15. The third kappa shape index (κ3) is 4.00. The van der Waals surface area contributed by atoms with E-state index in [2.05, 4.69) is 10.6 Å². The Balaban J connectivity index is 1.77. The summed E-state index contributed by atoms with van der Waals surface area (Å²) >= 11 is 0. The van der Waals surface area contributed by atoms with Gasteiger partial charge in [-0.25, -0.2) is 0 Å². The monoisotopic (exact) mass is 348 g/mol. The molecule has 0 atom stereocenters. The minimum absolute atomic E-state index is 0.238. The van der Waals surface area contributed by atoms with E-state index in [0.717, 1.165) is 11.1 Å². The molecule has 0 unspecified atom stereocenters. The Morgan fingerprint density at radius 1 is 0.923 bits per heavy atom. The number of carbonyl (C=O) groups excluding carboxylic acids is 2. The minimum atomic E-state index is -0.279. The van der Waals surface area contributed by atoms with Gasteiger partial charge in [0, 0.05) is 5.56 Å². The van der Waals surface area contributed by atoms with E-state index in [4.69, 9.17) is 4.42 Å². The normalized spacial score (nSPS) is 10.4. The van der Waals surface area contributed by atoms with Crippen molar-refractivity contribution >= 4 is 17.5 Å². The first kappa shape index (κ1) is 17.5. The zero-order valence-electron chi connectivity index (χ0n) is 14.7. The van der Waals surface area contributed by atoms with Gasteiger partial charge in [0.2, 0.25) is 0 Å². The molecule has 1 heterocycles. The first-order valence-corrected chi connectivity index (χ1v) is 8.33. The topological polar surface area (TPSA) is 71.3 Å². The summed E-state index contributed by atoms with van der Waals surface area (Å²) in [6, 6.07) is 16.2. The molecule has 2 N–H and O–H groups in total. The van der Waals surface area contributed by atoms with E-state index in [-0.39, 0.29) is 18.4 Å². The van der Waals surface area contributed by atoms with Gasteiger partial charge in [0.05, 0.1) is 24.1 Å². The van der Waals surface area contributed by atoms with Gasteiger partial charge in [0.25, 0.3) is 11.8 Å². The summed E-state index contributed by atoms with van der Waals surface area (Å²) in [6.45, 7) is 4.10. The van der Waals surface area contributed by atoms with Gasteiger partial charge in [-0.2, -0.15) is 0 Å². The lowest BCUT2D eigenvalue weighted by Gasteiger charge is -2.12. The highest BCUT2D eigenvalue weighted by Crippen LogP contribution is 2.18. The molecule has 3 aromatic rings. The van der Waals surface area contributed by atoms with Gasteiger partial charge in [0.1, 0.15) is 5.76 Å². The van der Waals surface area contributed by atoms with Crippen molar-refractivity contribution in [2.75, 3.05) is 5.32 Å². The maximum atomic E-state index is 12.6. The van der Waals surface area contributed by atoms with Crippen LogP contribution in [0.15, 0.2) is 65.3 Å². The SMILES string of the molecule is Cc1ccc(C)c(C(=O)Nc2ccccc2C(=O)NCc2ccco2)c1. The number of benzene rings is 2. The van der Waals surface area contributed by atoms with Gasteiger partial charge in [0.15, 0.2) is 0 Å². The maximum Gasteiger partial charge on any atom is 0.255 e. The van der Waals surface area contributed by atoms with Crippen LogP contribution in [0, 0.1) is 13.8 Å². The highest BCUT2D eigenvalue weighted by atomic mass is 16.3. The Morgan fingerprint density at radius 2 is 1.73 bits per heavy atom. The number of para-hydroxylation sites is 1. The zero-order chi connectivity index (χ0) is 18.5. The molecule has 0 bridgehead atoms. The van der Waals surface area contributed by atoms with Crippen LogP contribution in [-0.2, 0) is 6.54 Å². The van der Waals surface area contributed by atoms with Crippen LogP contribution in [0.1, 0.15) is 37.6 Å². The molecule has 5 nitrogen and oxygen atoms in total. The quantitative estimate of drug-likeness (QED) is 0.730. The number of amides is 2. The largest absolute Gasteiger partial charge is 0.467 e. The van der Waals surface area contributed by atoms with E-state index in [1.807, 2.05) is 32.0 Å². The molecule has 132 valence electrons. The summed E-state index contributed by atoms with van der Waals surface area (Å²) < 4.78 is 5.21. The van der Waals surface area contributed by atoms with Crippen LogP contribution in [0.5, 0.6) is 0 Å². The predicted molar refractivity (Wildman–Crippen MR) is 100 cm³/mol. The number of furan rings is 1. The first-order chi connectivity index (χ1) is 12.5. The molecule has 0 radical (unpaired) electrons. The molecule has 0 aliphatic rings. The lowest BCUT2D eigenvalue weighted by Crippen LogP contribution is -2.24. The Morgan fingerprint density at radius 3 is 2.50 bits per heavy atom. The Bertz CT molecular complexity index is 930. The van der Waals surface area contributed by atoms with Crippen LogP contribution in [0.4, 0.5) is 5.69 Å². The second-order valence-electron chi connectivity index (χ2n) is 6.08. The number of rotatable bonds is 5. The molecule has 5 heteroatoms. The number of carbonyl (C=O) groups is 2. The van der Waals surface area contributed by atoms with Crippen molar-refractivity contribution in [1.29, 1.82) is 0 Å². The highest BCUT2D eigenvalue weighted by molar-refractivity contribution is 6.09. The minimum Gasteiger partial charge on any atom is -0.467 e. The lowest BCUT2D eigenvalue weighted by atomic mass is 10.0. The number of nitrogens with one attached hydrogen (secondary N) is 2. The van der Waals surface area contributed by atoms with Crippen molar-refractivity contribution in [2.24, 2.45) is 0 Å². The number of hydrogen-bond donors (Lipinski definition) is 2. The van der Waals surface area contributed by atoms with E-state index in [1.54, 1.807) is 42.7 Å². The number of anilines is 1. The van der Waals surface area contributed by atoms with Gasteiger partial charge in [-0.1, -0.05) is 29.8 Å². The lowest BCUT2D eigenvalue weighted by molar-refractivity contribution is 0.0949. The first-order valence-electron chi connectivity index (χ1n) is 8.33. The van der Waals surface area contributed by atoms with E-state index in [0.29, 0.717) is 22.6 Å². The Kier molecular flexibility index (Phi) is 5.17. The van der Waals surface area contributed by atoms with Crippen LogP contribution < -0.4 is 10.6 Å². The van der Waals surface area contributed by atoms with Gasteiger partial charge in [-0.15, -0.1) is 0 Å². The van der Waals surface area contributed by atoms with Gasteiger partial charge >= 0.3 is 0 Å². The van der Waals surface area contributed by atoms with Crippen molar-refractivity contribution in [3.8, 4) is 0 Å². The summed E-state index contributed by atoms with van der Waals surface area (Å²) in [4.78, 5) is 25.1. The van der Waals surface area contributed by atoms with Crippen LogP contribution in [0.25, 0.3) is 0 Å². The second kappa shape index (κ2) is 7.70. The zero-order valence-corrected chi connectivity index (χ0v) is 14.7. The molecule has 2 amide bonds. The molecule has 26 heavy (non-hydrogen) atoms. The molecule has 0 spiro atoms. The van der Waals surface area contributed by atoms with Gasteiger partial charge < -0.3 is 15.1 Å². The molecule has 0 saturated carbocycles. The standard InChI is InChI=1S/C21H20N2O3/c1-14-9-10-15(2)18(12-14)21(25)23-19-8-4-3-7-17(19)20(24)22-13-16-6-5-11-26-16/h3-12H,13H2,1-2H3,(H,22,24)(H,23,25). The number of aryl methyl sites for hydroxylation is 2. The van der Waals surface area contributed by atoms with Crippen molar-refractivity contribution < 1.29 is 14.0 Å². The van der Waals surface area contributed by atoms with Crippen molar-refractivity contribution in [2.45, 2.75) is 20.4 Å². The highest BCUT2D eigenvalue weighted by Gasteiger charge is 2.15. The summed E-state index contributed by atoms with van der Waals surface area (Å²) in [7, 11) is 0. The van der Waals surface area contributed by atoms with Crippen LogP contribution >= 0.6 is 0 Å². The Labute approximate surface area is 152 Å². The second-order valence-corrected chi connectivity index (χ2v) is 6.08. The van der Waals surface area contributed by atoms with Crippen molar-refractivity contribution in [3.63, 3.8) is 0 Å². The summed E-state index contributed by atoms with van der Waals surface area (Å²) in [5, 5.41) is 5.64.